The number of halogens is 2. The zero-order valence-electron chi connectivity index (χ0n) is 9.76. The Morgan fingerprint density at radius 3 is 2.42 bits per heavy atom. The smallest absolute Gasteiger partial charge is 0.241 e. The maximum absolute atomic E-state index is 12.2. The van der Waals surface area contributed by atoms with Gasteiger partial charge in [0.05, 0.1) is 10.9 Å². The third-order valence-electron chi connectivity index (χ3n) is 2.32. The van der Waals surface area contributed by atoms with E-state index in [0.29, 0.717) is 5.82 Å². The minimum atomic E-state index is -3.74. The Labute approximate surface area is 120 Å². The van der Waals surface area contributed by atoms with Gasteiger partial charge in [-0.3, -0.25) is 5.10 Å². The highest BCUT2D eigenvalue weighted by Gasteiger charge is 2.20. The molecule has 1 atom stereocenters. The highest BCUT2D eigenvalue weighted by Crippen LogP contribution is 2.23. The van der Waals surface area contributed by atoms with Crippen LogP contribution in [0.1, 0.15) is 18.8 Å². The van der Waals surface area contributed by atoms with E-state index >= 15 is 0 Å². The molecule has 1 aromatic carbocycles. The van der Waals surface area contributed by atoms with E-state index in [1.54, 1.807) is 6.92 Å². The summed E-state index contributed by atoms with van der Waals surface area (Å²) in [5.41, 5.74) is 0. The first kappa shape index (κ1) is 14.3. The van der Waals surface area contributed by atoms with Crippen LogP contribution in [0.15, 0.2) is 29.4 Å². The Morgan fingerprint density at radius 2 is 1.89 bits per heavy atom. The molecule has 9 heteroatoms. The van der Waals surface area contributed by atoms with Gasteiger partial charge in [-0.1, -0.05) is 23.2 Å². The number of nitrogens with one attached hydrogen (secondary N) is 2. The van der Waals surface area contributed by atoms with Crippen molar-refractivity contribution >= 4 is 33.2 Å². The number of aromatic amines is 1. The van der Waals surface area contributed by atoms with Gasteiger partial charge in [0.1, 0.15) is 12.2 Å². The largest absolute Gasteiger partial charge is 0.262 e. The van der Waals surface area contributed by atoms with Crippen molar-refractivity contribution in [1.29, 1.82) is 0 Å². The second-order valence-corrected chi connectivity index (χ2v) is 6.41. The van der Waals surface area contributed by atoms with Gasteiger partial charge in [-0.15, -0.1) is 0 Å². The van der Waals surface area contributed by atoms with E-state index in [-0.39, 0.29) is 14.9 Å². The molecule has 0 saturated carbocycles. The van der Waals surface area contributed by atoms with E-state index < -0.39 is 16.1 Å². The Balaban J connectivity index is 2.27. The SMILES string of the molecule is CC(NS(=O)(=O)c1cc(Cl)cc(Cl)c1)c1ncn[nH]1. The summed E-state index contributed by atoms with van der Waals surface area (Å²) < 4.78 is 26.8. The molecule has 0 bridgehead atoms. The van der Waals surface area contributed by atoms with Crippen LogP contribution in [0.25, 0.3) is 0 Å². The lowest BCUT2D eigenvalue weighted by Crippen LogP contribution is -2.27. The van der Waals surface area contributed by atoms with E-state index in [9.17, 15) is 8.42 Å². The first-order valence-electron chi connectivity index (χ1n) is 5.22. The van der Waals surface area contributed by atoms with Crippen molar-refractivity contribution in [1.82, 2.24) is 19.9 Å². The van der Waals surface area contributed by atoms with Crippen LogP contribution in [0.2, 0.25) is 10.0 Å². The number of rotatable bonds is 4. The van der Waals surface area contributed by atoms with Crippen LogP contribution in [0.5, 0.6) is 0 Å². The summed E-state index contributed by atoms with van der Waals surface area (Å²) in [6, 6.07) is 3.55. The van der Waals surface area contributed by atoms with Crippen LogP contribution in [0.4, 0.5) is 0 Å². The number of hydrogen-bond acceptors (Lipinski definition) is 4. The van der Waals surface area contributed by atoms with Gasteiger partial charge >= 0.3 is 0 Å². The molecule has 2 rings (SSSR count). The minimum absolute atomic E-state index is 0.00337. The van der Waals surface area contributed by atoms with Crippen molar-refractivity contribution in [3.05, 3.63) is 40.4 Å². The number of nitrogens with zero attached hydrogens (tertiary/aromatic N) is 2. The second-order valence-electron chi connectivity index (χ2n) is 3.82. The van der Waals surface area contributed by atoms with Gasteiger partial charge in [0.25, 0.3) is 0 Å². The molecule has 1 heterocycles. The van der Waals surface area contributed by atoms with E-state index in [2.05, 4.69) is 19.9 Å². The van der Waals surface area contributed by atoms with Gasteiger partial charge in [-0.2, -0.15) is 5.10 Å². The van der Waals surface area contributed by atoms with Crippen molar-refractivity contribution < 1.29 is 8.42 Å². The molecule has 1 unspecified atom stereocenters. The van der Waals surface area contributed by atoms with Crippen molar-refractivity contribution in [3.63, 3.8) is 0 Å². The zero-order valence-corrected chi connectivity index (χ0v) is 12.1. The predicted octanol–water partition coefficient (Wildman–Crippen LogP) is 2.15. The molecule has 2 N–H and O–H groups in total. The van der Waals surface area contributed by atoms with E-state index in [1.165, 1.54) is 24.5 Å². The third kappa shape index (κ3) is 3.44. The summed E-state index contributed by atoms with van der Waals surface area (Å²) in [5, 5.41) is 6.75. The summed E-state index contributed by atoms with van der Waals surface area (Å²) in [5.74, 6) is 0.414. The van der Waals surface area contributed by atoms with Crippen molar-refractivity contribution in [2.75, 3.05) is 0 Å². The zero-order chi connectivity index (χ0) is 14.0. The summed E-state index contributed by atoms with van der Waals surface area (Å²) >= 11 is 11.6. The predicted molar refractivity (Wildman–Crippen MR) is 71.6 cm³/mol. The van der Waals surface area contributed by atoms with E-state index in [4.69, 9.17) is 23.2 Å². The Kier molecular flexibility index (Phi) is 4.10. The monoisotopic (exact) mass is 320 g/mol. The molecule has 0 saturated heterocycles. The normalized spacial score (nSPS) is 13.4. The molecular weight excluding hydrogens is 311 g/mol. The molecule has 19 heavy (non-hydrogen) atoms. The molecule has 0 aliphatic carbocycles. The van der Waals surface area contributed by atoms with Crippen LogP contribution < -0.4 is 4.72 Å². The molecule has 102 valence electrons. The number of H-pyrrole nitrogens is 1. The van der Waals surface area contributed by atoms with Crippen LogP contribution in [0, 0.1) is 0 Å². The van der Waals surface area contributed by atoms with Gasteiger partial charge < -0.3 is 0 Å². The van der Waals surface area contributed by atoms with Gasteiger partial charge in [0.2, 0.25) is 10.0 Å². The lowest BCUT2D eigenvalue weighted by molar-refractivity contribution is 0.560. The standard InChI is InChI=1S/C10H10Cl2N4O2S/c1-6(10-13-5-14-15-10)16-19(17,18)9-3-7(11)2-8(12)4-9/h2-6,16H,1H3,(H,13,14,15). The average Bonchev–Trinajstić information content (AvgIpc) is 2.80. The fourth-order valence-corrected chi connectivity index (χ4v) is 3.40. The Hall–Kier alpha value is -1.15. The van der Waals surface area contributed by atoms with Gasteiger partial charge in [-0.05, 0) is 25.1 Å². The Morgan fingerprint density at radius 1 is 1.26 bits per heavy atom. The lowest BCUT2D eigenvalue weighted by Gasteiger charge is -2.12. The van der Waals surface area contributed by atoms with Crippen molar-refractivity contribution in [2.24, 2.45) is 0 Å². The van der Waals surface area contributed by atoms with Crippen LogP contribution >= 0.6 is 23.2 Å². The highest BCUT2D eigenvalue weighted by atomic mass is 35.5. The van der Waals surface area contributed by atoms with E-state index in [1.807, 2.05) is 0 Å². The fraction of sp³-hybridized carbons (Fsp3) is 0.200. The van der Waals surface area contributed by atoms with Crippen molar-refractivity contribution in [3.8, 4) is 0 Å². The molecule has 0 aliphatic rings. The highest BCUT2D eigenvalue weighted by molar-refractivity contribution is 7.89. The van der Waals surface area contributed by atoms with E-state index in [0.717, 1.165) is 0 Å². The first-order chi connectivity index (χ1) is 8.88. The van der Waals surface area contributed by atoms with Crippen LogP contribution in [0.3, 0.4) is 0 Å². The maximum atomic E-state index is 12.2. The molecule has 0 fully saturated rings. The second kappa shape index (κ2) is 5.46. The van der Waals surface area contributed by atoms with Crippen molar-refractivity contribution in [2.45, 2.75) is 17.9 Å². The number of aromatic nitrogens is 3. The number of benzene rings is 1. The topological polar surface area (TPSA) is 87.7 Å². The van der Waals surface area contributed by atoms with Gasteiger partial charge in [-0.25, -0.2) is 18.1 Å². The molecular formula is C10H10Cl2N4O2S. The molecule has 2 aromatic rings. The quantitative estimate of drug-likeness (QED) is 0.903. The molecule has 0 aliphatic heterocycles. The van der Waals surface area contributed by atoms with Gasteiger partial charge in [0, 0.05) is 10.0 Å². The molecule has 0 amide bonds. The third-order valence-corrected chi connectivity index (χ3v) is 4.28. The maximum Gasteiger partial charge on any atom is 0.241 e. The van der Waals surface area contributed by atoms with Crippen LogP contribution in [-0.4, -0.2) is 23.6 Å². The lowest BCUT2D eigenvalue weighted by atomic mass is 10.3. The fourth-order valence-electron chi connectivity index (χ4n) is 1.46. The van der Waals surface area contributed by atoms with Gasteiger partial charge in [0.15, 0.2) is 0 Å². The summed E-state index contributed by atoms with van der Waals surface area (Å²) in [6.45, 7) is 1.64. The molecule has 6 nitrogen and oxygen atoms in total. The van der Waals surface area contributed by atoms with Crippen LogP contribution in [-0.2, 0) is 10.0 Å². The summed E-state index contributed by atoms with van der Waals surface area (Å²) in [6.07, 6.45) is 1.30. The Bertz CT molecular complexity index is 653. The minimum Gasteiger partial charge on any atom is -0.262 e. The molecule has 0 radical (unpaired) electrons. The summed E-state index contributed by atoms with van der Waals surface area (Å²) in [4.78, 5) is 3.88. The summed E-state index contributed by atoms with van der Waals surface area (Å²) in [7, 11) is -3.74. The molecule has 1 aromatic heterocycles. The first-order valence-corrected chi connectivity index (χ1v) is 7.46. The number of hydrogen-bond donors (Lipinski definition) is 2. The number of sulfonamides is 1. The average molecular weight is 321 g/mol. The molecule has 0 spiro atoms.